The Kier molecular flexibility index (Phi) is 6.43. The van der Waals surface area contributed by atoms with E-state index in [2.05, 4.69) is 45.0 Å². The lowest BCUT2D eigenvalue weighted by atomic mass is 9.84. The molecule has 154 valence electrons. The average molecular weight is 403 g/mol. The van der Waals surface area contributed by atoms with Crippen molar-refractivity contribution in [2.24, 2.45) is 5.92 Å². The molecule has 2 amide bonds. The number of hydrogen-bond acceptors (Lipinski definition) is 3. The van der Waals surface area contributed by atoms with Crippen molar-refractivity contribution < 1.29 is 9.59 Å². The zero-order chi connectivity index (χ0) is 20.5. The summed E-state index contributed by atoms with van der Waals surface area (Å²) in [6, 6.07) is 8.71. The molecule has 5 heteroatoms. The van der Waals surface area contributed by atoms with Crippen LogP contribution in [0.3, 0.4) is 0 Å². The van der Waals surface area contributed by atoms with Crippen molar-refractivity contribution in [2.45, 2.75) is 69.4 Å². The van der Waals surface area contributed by atoms with Gasteiger partial charge in [0.25, 0.3) is 0 Å². The van der Waals surface area contributed by atoms with Crippen LogP contribution in [-0.2, 0) is 15.0 Å². The van der Waals surface area contributed by atoms with E-state index in [1.807, 2.05) is 23.8 Å². The van der Waals surface area contributed by atoms with E-state index in [9.17, 15) is 9.59 Å². The second kappa shape index (κ2) is 8.48. The van der Waals surface area contributed by atoms with E-state index in [1.165, 1.54) is 17.5 Å². The summed E-state index contributed by atoms with van der Waals surface area (Å²) in [5, 5.41) is 0.0609. The molecule has 0 N–H and O–H groups in total. The predicted octanol–water partition coefficient (Wildman–Crippen LogP) is 4.60. The van der Waals surface area contributed by atoms with Gasteiger partial charge in [-0.1, -0.05) is 51.5 Å². The highest BCUT2D eigenvalue weighted by atomic mass is 32.2. The number of rotatable bonds is 6. The van der Waals surface area contributed by atoms with Gasteiger partial charge in [0.05, 0.1) is 5.25 Å². The molecule has 3 rings (SSSR count). The number of carbonyl (C=O) groups is 2. The minimum Gasteiger partial charge on any atom is -0.345 e. The minimum atomic E-state index is -0.0124. The predicted molar refractivity (Wildman–Crippen MR) is 116 cm³/mol. The maximum atomic E-state index is 12.7. The second-order valence-electron chi connectivity index (χ2n) is 9.28. The maximum absolute atomic E-state index is 12.7. The smallest absolute Gasteiger partial charge is 0.236 e. The number of hydrogen-bond donors (Lipinski definition) is 0. The lowest BCUT2D eigenvalue weighted by molar-refractivity contribution is -0.136. The van der Waals surface area contributed by atoms with Crippen molar-refractivity contribution >= 4 is 23.6 Å². The molecular formula is C23H34N2O2S. The van der Waals surface area contributed by atoms with Gasteiger partial charge in [-0.3, -0.25) is 9.59 Å². The fourth-order valence-corrected chi connectivity index (χ4v) is 5.17. The number of amides is 2. The van der Waals surface area contributed by atoms with E-state index in [4.69, 9.17) is 0 Å². The largest absolute Gasteiger partial charge is 0.345 e. The summed E-state index contributed by atoms with van der Waals surface area (Å²) >= 11 is 1.73. The standard InChI is InChI=1S/C23H34N2O2S/c1-16-20(26)25(15-7-14-24(5)21(27)17-8-6-9-17)22(28-16)18-10-12-19(13-11-18)23(2,3)4/h10-13,16-17,22H,6-9,14-15H2,1-5H3/t16-,22+/m0/s1. The third-order valence-corrected chi connectivity index (χ3v) is 7.43. The molecule has 28 heavy (non-hydrogen) atoms. The van der Waals surface area contributed by atoms with Gasteiger partial charge < -0.3 is 9.80 Å². The second-order valence-corrected chi connectivity index (χ2v) is 10.7. The molecule has 1 heterocycles. The summed E-state index contributed by atoms with van der Waals surface area (Å²) in [7, 11) is 1.90. The molecule has 0 aromatic heterocycles. The van der Waals surface area contributed by atoms with Gasteiger partial charge >= 0.3 is 0 Å². The monoisotopic (exact) mass is 402 g/mol. The highest BCUT2D eigenvalue weighted by molar-refractivity contribution is 8.01. The fourth-order valence-electron chi connectivity index (χ4n) is 3.86. The van der Waals surface area contributed by atoms with Gasteiger partial charge in [0.2, 0.25) is 11.8 Å². The van der Waals surface area contributed by atoms with Gasteiger partial charge in [-0.2, -0.15) is 0 Å². The molecule has 0 unspecified atom stereocenters. The van der Waals surface area contributed by atoms with Crippen LogP contribution in [0, 0.1) is 5.92 Å². The van der Waals surface area contributed by atoms with Crippen LogP contribution in [0.2, 0.25) is 0 Å². The van der Waals surface area contributed by atoms with Crippen molar-refractivity contribution in [1.82, 2.24) is 9.80 Å². The Hall–Kier alpha value is -1.49. The van der Waals surface area contributed by atoms with Crippen LogP contribution in [-0.4, -0.2) is 47.0 Å². The van der Waals surface area contributed by atoms with E-state index in [0.717, 1.165) is 19.3 Å². The molecule has 2 fully saturated rings. The van der Waals surface area contributed by atoms with Gasteiger partial charge in [-0.15, -0.1) is 11.8 Å². The first kappa shape index (κ1) is 21.2. The van der Waals surface area contributed by atoms with Gasteiger partial charge in [-0.05, 0) is 42.7 Å². The first-order valence-electron chi connectivity index (χ1n) is 10.5. The van der Waals surface area contributed by atoms with Gasteiger partial charge in [0, 0.05) is 26.1 Å². The number of nitrogens with zero attached hydrogens (tertiary/aromatic N) is 2. The summed E-state index contributed by atoms with van der Waals surface area (Å²) in [5.74, 6) is 0.724. The summed E-state index contributed by atoms with van der Waals surface area (Å²) in [6.45, 7) is 10.1. The Morgan fingerprint density at radius 3 is 2.39 bits per heavy atom. The summed E-state index contributed by atoms with van der Waals surface area (Å²) in [5.41, 5.74) is 2.62. The van der Waals surface area contributed by atoms with E-state index in [1.54, 1.807) is 11.8 Å². The zero-order valence-corrected chi connectivity index (χ0v) is 18.7. The molecular weight excluding hydrogens is 368 g/mol. The van der Waals surface area contributed by atoms with Crippen molar-refractivity contribution in [1.29, 1.82) is 0 Å². The molecule has 2 atom stereocenters. The molecule has 4 nitrogen and oxygen atoms in total. The SMILES string of the molecule is C[C@@H]1S[C@H](c2ccc(C(C)(C)C)cc2)N(CCCN(C)C(=O)C2CCC2)C1=O. The van der Waals surface area contributed by atoms with Crippen LogP contribution in [0.1, 0.15) is 69.9 Å². The highest BCUT2D eigenvalue weighted by Crippen LogP contribution is 2.43. The van der Waals surface area contributed by atoms with Crippen molar-refractivity contribution in [3.63, 3.8) is 0 Å². The zero-order valence-electron chi connectivity index (χ0n) is 17.9. The van der Waals surface area contributed by atoms with Gasteiger partial charge in [0.15, 0.2) is 0 Å². The van der Waals surface area contributed by atoms with Crippen molar-refractivity contribution in [3.05, 3.63) is 35.4 Å². The van der Waals surface area contributed by atoms with E-state index >= 15 is 0 Å². The van der Waals surface area contributed by atoms with Crippen LogP contribution in [0.4, 0.5) is 0 Å². The normalized spacial score (nSPS) is 23.0. The summed E-state index contributed by atoms with van der Waals surface area (Å²) < 4.78 is 0. The summed E-state index contributed by atoms with van der Waals surface area (Å²) in [4.78, 5) is 28.9. The molecule has 0 radical (unpaired) electrons. The Morgan fingerprint density at radius 2 is 1.86 bits per heavy atom. The molecule has 0 spiro atoms. The Morgan fingerprint density at radius 1 is 1.21 bits per heavy atom. The Labute approximate surface area is 174 Å². The molecule has 1 aromatic carbocycles. The quantitative estimate of drug-likeness (QED) is 0.698. The van der Waals surface area contributed by atoms with E-state index < -0.39 is 0 Å². The topological polar surface area (TPSA) is 40.6 Å². The molecule has 1 aromatic rings. The minimum absolute atomic E-state index is 0.0124. The maximum Gasteiger partial charge on any atom is 0.236 e. The number of thioether (sulfide) groups is 1. The van der Waals surface area contributed by atoms with Crippen LogP contribution < -0.4 is 0 Å². The van der Waals surface area contributed by atoms with Crippen molar-refractivity contribution in [3.8, 4) is 0 Å². The van der Waals surface area contributed by atoms with Crippen LogP contribution >= 0.6 is 11.8 Å². The highest BCUT2D eigenvalue weighted by Gasteiger charge is 2.38. The van der Waals surface area contributed by atoms with Gasteiger partial charge in [0.1, 0.15) is 5.37 Å². The molecule has 1 aliphatic carbocycles. The molecule has 1 saturated heterocycles. The molecule has 1 aliphatic heterocycles. The summed E-state index contributed by atoms with van der Waals surface area (Å²) in [6.07, 6.45) is 4.07. The first-order valence-corrected chi connectivity index (χ1v) is 11.4. The average Bonchev–Trinajstić information content (AvgIpc) is 2.88. The molecule has 2 aliphatic rings. The van der Waals surface area contributed by atoms with Crippen LogP contribution in [0.5, 0.6) is 0 Å². The van der Waals surface area contributed by atoms with Gasteiger partial charge in [-0.25, -0.2) is 0 Å². The number of benzene rings is 1. The van der Waals surface area contributed by atoms with E-state index in [0.29, 0.717) is 13.1 Å². The third kappa shape index (κ3) is 4.56. The Balaban J connectivity index is 1.61. The van der Waals surface area contributed by atoms with Crippen LogP contribution in [0.25, 0.3) is 0 Å². The Bertz CT molecular complexity index is 706. The third-order valence-electron chi connectivity index (χ3n) is 6.03. The number of carbonyl (C=O) groups excluding carboxylic acids is 2. The first-order chi connectivity index (χ1) is 13.2. The van der Waals surface area contributed by atoms with Crippen molar-refractivity contribution in [2.75, 3.05) is 20.1 Å². The molecule has 0 bridgehead atoms. The molecule has 1 saturated carbocycles. The fraction of sp³-hybridized carbons (Fsp3) is 0.652. The lowest BCUT2D eigenvalue weighted by Crippen LogP contribution is -2.38. The van der Waals surface area contributed by atoms with E-state index in [-0.39, 0.29) is 33.8 Å². The van der Waals surface area contributed by atoms with Crippen LogP contribution in [0.15, 0.2) is 24.3 Å². The lowest BCUT2D eigenvalue weighted by Gasteiger charge is -2.30.